The molecule has 10 nitrogen and oxygen atoms in total. The Hall–Kier alpha value is -3.27. The van der Waals surface area contributed by atoms with Gasteiger partial charge in [-0.25, -0.2) is 4.68 Å². The van der Waals surface area contributed by atoms with E-state index in [2.05, 4.69) is 10.4 Å². The maximum Gasteiger partial charge on any atom is 0.305 e. The molecule has 1 aromatic carbocycles. The van der Waals surface area contributed by atoms with Crippen LogP contribution >= 0.6 is 0 Å². The Bertz CT molecular complexity index is 834. The first-order valence-corrected chi connectivity index (χ1v) is 7.58. The third-order valence-corrected chi connectivity index (χ3v) is 3.55. The number of ether oxygens (including phenoxy) is 1. The number of aliphatic carboxylic acids is 1. The lowest BCUT2D eigenvalue weighted by molar-refractivity contribution is -0.384. The zero-order chi connectivity index (χ0) is 19.3. The predicted octanol–water partition coefficient (Wildman–Crippen LogP) is 1.39. The average Bonchev–Trinajstić information content (AvgIpc) is 3.04. The Morgan fingerprint density at radius 2 is 2.15 bits per heavy atom. The number of hydrogen-bond donors (Lipinski definition) is 2. The number of nitro benzene ring substituents is 1. The molecular formula is C16H18N4O6. The van der Waals surface area contributed by atoms with E-state index in [0.717, 1.165) is 0 Å². The molecule has 0 aliphatic heterocycles. The van der Waals surface area contributed by atoms with E-state index in [1.807, 2.05) is 0 Å². The molecule has 0 saturated heterocycles. The maximum absolute atomic E-state index is 12.4. The van der Waals surface area contributed by atoms with Gasteiger partial charge in [0.1, 0.15) is 0 Å². The summed E-state index contributed by atoms with van der Waals surface area (Å²) in [7, 11) is 1.41. The number of aromatic nitrogens is 2. The van der Waals surface area contributed by atoms with Crippen molar-refractivity contribution >= 4 is 17.6 Å². The van der Waals surface area contributed by atoms with Crippen LogP contribution in [0.25, 0.3) is 5.69 Å². The molecular weight excluding hydrogens is 344 g/mol. The minimum atomic E-state index is -1.10. The highest BCUT2D eigenvalue weighted by Crippen LogP contribution is 2.17. The smallest absolute Gasteiger partial charge is 0.305 e. The number of methoxy groups -OCH3 is 1. The first-order valence-electron chi connectivity index (χ1n) is 7.58. The maximum atomic E-state index is 12.4. The van der Waals surface area contributed by atoms with Gasteiger partial charge < -0.3 is 15.2 Å². The van der Waals surface area contributed by atoms with E-state index >= 15 is 0 Å². The topological polar surface area (TPSA) is 137 Å². The van der Waals surface area contributed by atoms with Crippen molar-refractivity contribution in [2.75, 3.05) is 13.7 Å². The number of non-ortho nitro benzene ring substituents is 1. The summed E-state index contributed by atoms with van der Waals surface area (Å²) in [6.07, 6.45) is 1.16. The van der Waals surface area contributed by atoms with Gasteiger partial charge in [-0.3, -0.25) is 19.7 Å². The van der Waals surface area contributed by atoms with Gasteiger partial charge in [-0.1, -0.05) is 6.07 Å². The Labute approximate surface area is 148 Å². The molecule has 10 heteroatoms. The van der Waals surface area contributed by atoms with Gasteiger partial charge in [0.2, 0.25) is 0 Å². The zero-order valence-electron chi connectivity index (χ0n) is 14.2. The van der Waals surface area contributed by atoms with E-state index in [9.17, 15) is 19.7 Å². The van der Waals surface area contributed by atoms with Crippen molar-refractivity contribution in [3.63, 3.8) is 0 Å². The third-order valence-electron chi connectivity index (χ3n) is 3.55. The molecule has 138 valence electrons. The lowest BCUT2D eigenvalue weighted by Gasteiger charge is -2.28. The molecule has 2 N–H and O–H groups in total. The van der Waals surface area contributed by atoms with Crippen molar-refractivity contribution in [2.24, 2.45) is 0 Å². The molecule has 2 rings (SSSR count). The van der Waals surface area contributed by atoms with Crippen LogP contribution in [0.3, 0.4) is 0 Å². The highest BCUT2D eigenvalue weighted by molar-refractivity contribution is 5.93. The molecule has 2 aromatic rings. The van der Waals surface area contributed by atoms with Crippen LogP contribution in [-0.2, 0) is 9.53 Å². The van der Waals surface area contributed by atoms with Crippen molar-refractivity contribution in [2.45, 2.75) is 18.9 Å². The van der Waals surface area contributed by atoms with E-state index < -0.39 is 22.3 Å². The molecule has 1 amide bonds. The van der Waals surface area contributed by atoms with Crippen LogP contribution in [-0.4, -0.2) is 50.9 Å². The van der Waals surface area contributed by atoms with Gasteiger partial charge in [0.15, 0.2) is 5.69 Å². The number of nitro groups is 1. The number of benzene rings is 1. The highest BCUT2D eigenvalue weighted by Gasteiger charge is 2.30. The van der Waals surface area contributed by atoms with Crippen molar-refractivity contribution in [1.82, 2.24) is 15.1 Å². The van der Waals surface area contributed by atoms with Crippen LogP contribution in [0.2, 0.25) is 0 Å². The lowest BCUT2D eigenvalue weighted by atomic mass is 9.99. The summed E-state index contributed by atoms with van der Waals surface area (Å²) in [5.41, 5.74) is -0.738. The Morgan fingerprint density at radius 1 is 1.42 bits per heavy atom. The molecule has 1 aromatic heterocycles. The summed E-state index contributed by atoms with van der Waals surface area (Å²) >= 11 is 0. The average molecular weight is 362 g/mol. The normalized spacial score (nSPS) is 13.0. The molecule has 0 fully saturated rings. The largest absolute Gasteiger partial charge is 0.481 e. The Kier molecular flexibility index (Phi) is 5.68. The molecule has 1 heterocycles. The number of carbonyl (C=O) groups is 2. The molecule has 0 bridgehead atoms. The summed E-state index contributed by atoms with van der Waals surface area (Å²) in [5, 5.41) is 26.6. The quantitative estimate of drug-likeness (QED) is 0.535. The highest BCUT2D eigenvalue weighted by atomic mass is 16.6. The van der Waals surface area contributed by atoms with Crippen LogP contribution in [0.15, 0.2) is 36.5 Å². The molecule has 26 heavy (non-hydrogen) atoms. The first kappa shape index (κ1) is 19.1. The number of amides is 1. The number of rotatable bonds is 8. The molecule has 0 aliphatic rings. The summed E-state index contributed by atoms with van der Waals surface area (Å²) < 4.78 is 6.31. The molecule has 1 atom stereocenters. The van der Waals surface area contributed by atoms with Crippen molar-refractivity contribution in [3.05, 3.63) is 52.3 Å². The van der Waals surface area contributed by atoms with Crippen LogP contribution in [0.4, 0.5) is 5.69 Å². The van der Waals surface area contributed by atoms with Gasteiger partial charge in [-0.15, -0.1) is 0 Å². The van der Waals surface area contributed by atoms with E-state index in [0.29, 0.717) is 5.69 Å². The summed E-state index contributed by atoms with van der Waals surface area (Å²) in [4.78, 5) is 33.7. The van der Waals surface area contributed by atoms with Gasteiger partial charge in [0, 0.05) is 25.4 Å². The van der Waals surface area contributed by atoms with Crippen LogP contribution in [0.5, 0.6) is 0 Å². The fourth-order valence-electron chi connectivity index (χ4n) is 2.46. The van der Waals surface area contributed by atoms with Crippen molar-refractivity contribution < 1.29 is 24.4 Å². The third kappa shape index (κ3) is 4.63. The number of carboxylic acid groups (broad SMARTS) is 1. The molecule has 0 spiro atoms. The van der Waals surface area contributed by atoms with E-state index in [1.54, 1.807) is 13.0 Å². The molecule has 0 radical (unpaired) electrons. The summed E-state index contributed by atoms with van der Waals surface area (Å²) in [5.74, 6) is -1.65. The monoisotopic (exact) mass is 362 g/mol. The van der Waals surface area contributed by atoms with Gasteiger partial charge in [0.05, 0.1) is 29.2 Å². The molecule has 1 unspecified atom stereocenters. The van der Waals surface area contributed by atoms with E-state index in [-0.39, 0.29) is 24.4 Å². The van der Waals surface area contributed by atoms with Gasteiger partial charge in [-0.2, -0.15) is 5.10 Å². The standard InChI is InChI=1S/C16H18N4O6/c1-16(10-26-2,9-14(21)22)17-15(23)13-6-7-19(18-13)11-4-3-5-12(8-11)20(24)25/h3-8H,9-10H2,1-2H3,(H,17,23)(H,21,22). The van der Waals surface area contributed by atoms with Crippen molar-refractivity contribution in [3.8, 4) is 5.69 Å². The first-order chi connectivity index (χ1) is 12.2. The number of nitrogens with zero attached hydrogens (tertiary/aromatic N) is 3. The van der Waals surface area contributed by atoms with E-state index in [1.165, 1.54) is 42.3 Å². The van der Waals surface area contributed by atoms with Gasteiger partial charge in [-0.05, 0) is 19.1 Å². The Morgan fingerprint density at radius 3 is 2.77 bits per heavy atom. The number of carbonyl (C=O) groups excluding carboxylic acids is 1. The SMILES string of the molecule is COCC(C)(CC(=O)O)NC(=O)c1ccn(-c2cccc([N+](=O)[O-])c2)n1. The second-order valence-corrected chi connectivity index (χ2v) is 5.94. The second kappa shape index (κ2) is 7.74. The zero-order valence-corrected chi connectivity index (χ0v) is 14.2. The fraction of sp³-hybridized carbons (Fsp3) is 0.312. The minimum Gasteiger partial charge on any atom is -0.481 e. The summed E-state index contributed by atoms with van der Waals surface area (Å²) in [6.45, 7) is 1.57. The number of carboxylic acids is 1. The van der Waals surface area contributed by atoms with Crippen molar-refractivity contribution in [1.29, 1.82) is 0 Å². The van der Waals surface area contributed by atoms with E-state index in [4.69, 9.17) is 9.84 Å². The minimum absolute atomic E-state index is 0.0105. The predicted molar refractivity (Wildman–Crippen MR) is 90.2 cm³/mol. The molecule has 0 saturated carbocycles. The van der Waals surface area contributed by atoms with Gasteiger partial charge >= 0.3 is 5.97 Å². The number of nitrogens with one attached hydrogen (secondary N) is 1. The lowest BCUT2D eigenvalue weighted by Crippen LogP contribution is -2.50. The molecule has 0 aliphatic carbocycles. The van der Waals surface area contributed by atoms with Crippen LogP contribution < -0.4 is 5.32 Å². The second-order valence-electron chi connectivity index (χ2n) is 5.94. The van der Waals surface area contributed by atoms with Gasteiger partial charge in [0.25, 0.3) is 11.6 Å². The van der Waals surface area contributed by atoms with Crippen LogP contribution in [0.1, 0.15) is 23.8 Å². The summed E-state index contributed by atoms with van der Waals surface area (Å²) in [6, 6.07) is 7.23. The van der Waals surface area contributed by atoms with Crippen LogP contribution in [0, 0.1) is 10.1 Å². The fourth-order valence-corrected chi connectivity index (χ4v) is 2.46. The number of hydrogen-bond acceptors (Lipinski definition) is 6. The Balaban J connectivity index is 2.20.